The number of halogens is 3. The molecule has 1 unspecified atom stereocenters. The lowest BCUT2D eigenvalue weighted by Crippen LogP contribution is -2.58. The zero-order valence-electron chi connectivity index (χ0n) is 9.60. The summed E-state index contributed by atoms with van der Waals surface area (Å²) in [5.74, 6) is 0. The predicted molar refractivity (Wildman–Crippen MR) is 55.7 cm³/mol. The number of alkyl halides is 3. The van der Waals surface area contributed by atoms with E-state index in [1.54, 1.807) is 0 Å². The molecule has 0 rings (SSSR count). The molecule has 16 heavy (non-hydrogen) atoms. The van der Waals surface area contributed by atoms with Gasteiger partial charge in [0.1, 0.15) is 0 Å². The van der Waals surface area contributed by atoms with Gasteiger partial charge >= 0.3 is 6.18 Å². The van der Waals surface area contributed by atoms with Crippen LogP contribution in [0.25, 0.3) is 0 Å². The van der Waals surface area contributed by atoms with Crippen LogP contribution in [-0.4, -0.2) is 20.7 Å². The third-order valence-electron chi connectivity index (χ3n) is 2.03. The molecular formula is C9H15F3N2OS. The SMILES string of the molecule is CC[C@](C#N)(NS(=O)C(C)(C)C)C(F)(F)F. The summed E-state index contributed by atoms with van der Waals surface area (Å²) in [4.78, 5) is 0. The normalized spacial score (nSPS) is 18.6. The Kier molecular flexibility index (Phi) is 4.54. The maximum atomic E-state index is 12.7. The lowest BCUT2D eigenvalue weighted by Gasteiger charge is -2.31. The summed E-state index contributed by atoms with van der Waals surface area (Å²) in [5.41, 5.74) is -2.74. The van der Waals surface area contributed by atoms with Crippen LogP contribution in [0.5, 0.6) is 0 Å². The first-order valence-corrected chi connectivity index (χ1v) is 5.83. The number of hydrogen-bond acceptors (Lipinski definition) is 2. The van der Waals surface area contributed by atoms with Crippen molar-refractivity contribution >= 4 is 11.0 Å². The highest BCUT2D eigenvalue weighted by atomic mass is 32.2. The van der Waals surface area contributed by atoms with Crippen molar-refractivity contribution in [1.29, 1.82) is 5.26 Å². The maximum absolute atomic E-state index is 12.7. The molecule has 1 N–H and O–H groups in total. The van der Waals surface area contributed by atoms with E-state index in [0.29, 0.717) is 0 Å². The van der Waals surface area contributed by atoms with Crippen LogP contribution in [0, 0.1) is 11.3 Å². The van der Waals surface area contributed by atoms with Gasteiger partial charge in [-0.2, -0.15) is 18.4 Å². The van der Waals surface area contributed by atoms with Crippen molar-refractivity contribution in [2.24, 2.45) is 0 Å². The molecule has 0 aromatic heterocycles. The summed E-state index contributed by atoms with van der Waals surface area (Å²) >= 11 is 0. The topological polar surface area (TPSA) is 52.9 Å². The largest absolute Gasteiger partial charge is 0.420 e. The quantitative estimate of drug-likeness (QED) is 0.842. The highest BCUT2D eigenvalue weighted by Crippen LogP contribution is 2.33. The monoisotopic (exact) mass is 256 g/mol. The van der Waals surface area contributed by atoms with Gasteiger partial charge in [-0.05, 0) is 27.2 Å². The first-order chi connectivity index (χ1) is 7.00. The summed E-state index contributed by atoms with van der Waals surface area (Å²) in [6, 6.07) is 1.18. The van der Waals surface area contributed by atoms with Gasteiger partial charge in [-0.3, -0.25) is 0 Å². The fraction of sp³-hybridized carbons (Fsp3) is 0.889. The zero-order valence-corrected chi connectivity index (χ0v) is 10.4. The van der Waals surface area contributed by atoms with Crippen molar-refractivity contribution in [3.63, 3.8) is 0 Å². The molecule has 0 fully saturated rings. The maximum Gasteiger partial charge on any atom is 0.420 e. The van der Waals surface area contributed by atoms with E-state index in [1.165, 1.54) is 33.8 Å². The van der Waals surface area contributed by atoms with E-state index in [2.05, 4.69) is 0 Å². The third-order valence-corrected chi connectivity index (χ3v) is 3.67. The van der Waals surface area contributed by atoms with E-state index in [0.717, 1.165) is 0 Å². The van der Waals surface area contributed by atoms with Gasteiger partial charge < -0.3 is 0 Å². The lowest BCUT2D eigenvalue weighted by molar-refractivity contribution is -0.174. The van der Waals surface area contributed by atoms with E-state index in [-0.39, 0.29) is 0 Å². The molecule has 7 heteroatoms. The van der Waals surface area contributed by atoms with Crippen molar-refractivity contribution in [3.05, 3.63) is 0 Å². The van der Waals surface area contributed by atoms with E-state index < -0.39 is 33.9 Å². The molecule has 2 atom stereocenters. The molecular weight excluding hydrogens is 241 g/mol. The Morgan fingerprint density at radius 3 is 1.94 bits per heavy atom. The van der Waals surface area contributed by atoms with E-state index in [9.17, 15) is 17.4 Å². The Hall–Kier alpha value is -0.610. The van der Waals surface area contributed by atoms with Gasteiger partial charge in [0.15, 0.2) is 0 Å². The Morgan fingerprint density at radius 1 is 1.31 bits per heavy atom. The number of nitrogens with zero attached hydrogens (tertiary/aromatic N) is 1. The first-order valence-electron chi connectivity index (χ1n) is 4.68. The van der Waals surface area contributed by atoms with Gasteiger partial charge in [-0.15, -0.1) is 0 Å². The first kappa shape index (κ1) is 15.4. The van der Waals surface area contributed by atoms with Gasteiger partial charge in [0, 0.05) is 0 Å². The molecule has 0 bridgehead atoms. The van der Waals surface area contributed by atoms with Gasteiger partial charge in [0.05, 0.1) is 21.8 Å². The van der Waals surface area contributed by atoms with Gasteiger partial charge in [-0.1, -0.05) is 6.92 Å². The smallest absolute Gasteiger partial charge is 0.242 e. The minimum absolute atomic E-state index is 0.491. The van der Waals surface area contributed by atoms with Crippen LogP contribution in [-0.2, 0) is 11.0 Å². The average molecular weight is 256 g/mol. The minimum Gasteiger partial charge on any atom is -0.242 e. The summed E-state index contributed by atoms with van der Waals surface area (Å²) in [6.07, 6.45) is -5.24. The second-order valence-corrected chi connectivity index (χ2v) is 6.32. The van der Waals surface area contributed by atoms with Crippen LogP contribution < -0.4 is 4.72 Å². The van der Waals surface area contributed by atoms with Crippen molar-refractivity contribution in [2.75, 3.05) is 0 Å². The van der Waals surface area contributed by atoms with Crippen LogP contribution in [0.15, 0.2) is 0 Å². The van der Waals surface area contributed by atoms with Gasteiger partial charge in [-0.25, -0.2) is 8.93 Å². The van der Waals surface area contributed by atoms with Crippen molar-refractivity contribution < 1.29 is 17.4 Å². The molecule has 0 aromatic rings. The molecule has 0 aliphatic carbocycles. The highest BCUT2D eigenvalue weighted by Gasteiger charge is 2.56. The minimum atomic E-state index is -4.75. The molecule has 0 spiro atoms. The Morgan fingerprint density at radius 2 is 1.75 bits per heavy atom. The molecule has 0 aromatic carbocycles. The number of nitriles is 1. The Balaban J connectivity index is 5.15. The lowest BCUT2D eigenvalue weighted by atomic mass is 9.99. The summed E-state index contributed by atoms with van der Waals surface area (Å²) in [7, 11) is -1.95. The molecule has 0 heterocycles. The van der Waals surface area contributed by atoms with E-state index >= 15 is 0 Å². The highest BCUT2D eigenvalue weighted by molar-refractivity contribution is 7.84. The summed E-state index contributed by atoms with van der Waals surface area (Å²) in [6.45, 7) is 5.82. The zero-order chi connectivity index (χ0) is 13.2. The Bertz CT molecular complexity index is 316. The fourth-order valence-electron chi connectivity index (χ4n) is 0.807. The molecule has 94 valence electrons. The Labute approximate surface area is 95.6 Å². The molecule has 0 aliphatic rings. The summed E-state index contributed by atoms with van der Waals surface area (Å²) in [5, 5.41) is 8.66. The van der Waals surface area contributed by atoms with E-state index in [4.69, 9.17) is 5.26 Å². The number of nitrogens with one attached hydrogen (secondary N) is 1. The molecule has 3 nitrogen and oxygen atoms in total. The van der Waals surface area contributed by atoms with Crippen molar-refractivity contribution in [1.82, 2.24) is 4.72 Å². The van der Waals surface area contributed by atoms with Gasteiger partial charge in [0.2, 0.25) is 5.54 Å². The summed E-state index contributed by atoms with van der Waals surface area (Å²) < 4.78 is 50.7. The van der Waals surface area contributed by atoms with Crippen molar-refractivity contribution in [2.45, 2.75) is 50.6 Å². The molecule has 0 saturated carbocycles. The molecule has 0 radical (unpaired) electrons. The standard InChI is InChI=1S/C9H15F3N2OS/c1-5-8(6-13,9(10,11)12)14-16(15)7(2,3)4/h14H,5H2,1-4H3/t8-,16?/m1/s1. The second-order valence-electron chi connectivity index (χ2n) is 4.35. The predicted octanol–water partition coefficient (Wildman–Crippen LogP) is 2.27. The van der Waals surface area contributed by atoms with Crippen LogP contribution in [0.1, 0.15) is 34.1 Å². The third kappa shape index (κ3) is 3.19. The van der Waals surface area contributed by atoms with Gasteiger partial charge in [0.25, 0.3) is 0 Å². The molecule has 0 aliphatic heterocycles. The number of hydrogen-bond donors (Lipinski definition) is 1. The molecule has 0 amide bonds. The van der Waals surface area contributed by atoms with Crippen LogP contribution in [0.2, 0.25) is 0 Å². The van der Waals surface area contributed by atoms with Crippen LogP contribution in [0.3, 0.4) is 0 Å². The van der Waals surface area contributed by atoms with Crippen LogP contribution >= 0.6 is 0 Å². The fourth-order valence-corrected chi connectivity index (χ4v) is 1.74. The van der Waals surface area contributed by atoms with Crippen LogP contribution in [0.4, 0.5) is 13.2 Å². The molecule has 0 saturated heterocycles. The average Bonchev–Trinajstić information content (AvgIpc) is 2.10. The van der Waals surface area contributed by atoms with Crippen molar-refractivity contribution in [3.8, 4) is 6.07 Å². The van der Waals surface area contributed by atoms with E-state index in [1.807, 2.05) is 4.72 Å². The number of rotatable bonds is 3. The second kappa shape index (κ2) is 4.72.